The number of rotatable bonds is 7. The predicted molar refractivity (Wildman–Crippen MR) is 59.1 cm³/mol. The van der Waals surface area contributed by atoms with E-state index in [9.17, 15) is 9.59 Å². The molecule has 0 atom stereocenters. The smallest absolute Gasteiger partial charge is 0.303 e. The maximum Gasteiger partial charge on any atom is 0.303 e. The van der Waals surface area contributed by atoms with Crippen molar-refractivity contribution < 1.29 is 24.2 Å². The van der Waals surface area contributed by atoms with Crippen molar-refractivity contribution in [2.45, 2.75) is 25.7 Å². The van der Waals surface area contributed by atoms with Crippen LogP contribution >= 0.6 is 0 Å². The third-order valence-electron chi connectivity index (χ3n) is 2.23. The van der Waals surface area contributed by atoms with E-state index in [1.165, 1.54) is 6.26 Å². The minimum Gasteiger partial charge on any atom is -0.494 e. The van der Waals surface area contributed by atoms with Crippen LogP contribution in [0, 0.1) is 0 Å². The number of carbonyl (C=O) groups excluding carboxylic acids is 1. The zero-order valence-corrected chi connectivity index (χ0v) is 9.61. The second-order valence-electron chi connectivity index (χ2n) is 3.66. The van der Waals surface area contributed by atoms with E-state index in [0.717, 1.165) is 12.8 Å². The lowest BCUT2D eigenvalue weighted by molar-refractivity contribution is -0.137. The fraction of sp³-hybridized carbons (Fsp3) is 0.636. The first-order chi connectivity index (χ1) is 8.20. The van der Waals surface area contributed by atoms with Crippen LogP contribution < -0.4 is 5.32 Å². The quantitative estimate of drug-likeness (QED) is 0.641. The molecule has 6 nitrogen and oxygen atoms in total. The van der Waals surface area contributed by atoms with Gasteiger partial charge in [-0.1, -0.05) is 6.42 Å². The average molecular weight is 243 g/mol. The zero-order chi connectivity index (χ0) is 12.5. The van der Waals surface area contributed by atoms with E-state index in [2.05, 4.69) is 5.32 Å². The average Bonchev–Trinajstić information content (AvgIpc) is 2.34. The first-order valence-electron chi connectivity index (χ1n) is 5.64. The highest BCUT2D eigenvalue weighted by Crippen LogP contribution is 2.04. The topological polar surface area (TPSA) is 84.9 Å². The number of aliphatic carboxylic acids is 1. The van der Waals surface area contributed by atoms with Crippen molar-refractivity contribution in [1.82, 2.24) is 5.32 Å². The Hall–Kier alpha value is -1.72. The Morgan fingerprint density at radius 1 is 1.29 bits per heavy atom. The molecule has 0 spiro atoms. The molecule has 6 heteroatoms. The summed E-state index contributed by atoms with van der Waals surface area (Å²) in [6, 6.07) is 0. The van der Waals surface area contributed by atoms with Gasteiger partial charge in [-0.25, -0.2) is 0 Å². The standard InChI is InChI=1S/C11H17NO5/c13-10(14)4-2-1-3-5-12-11(15)9-8-16-6-7-17-9/h8H,1-7H2,(H,12,15)(H,13,14). The Kier molecular flexibility index (Phi) is 5.92. The van der Waals surface area contributed by atoms with Crippen LogP contribution in [0.3, 0.4) is 0 Å². The molecule has 1 amide bonds. The number of hydrogen-bond acceptors (Lipinski definition) is 4. The summed E-state index contributed by atoms with van der Waals surface area (Å²) in [6.07, 6.45) is 3.66. The van der Waals surface area contributed by atoms with Gasteiger partial charge in [0.05, 0.1) is 0 Å². The van der Waals surface area contributed by atoms with Gasteiger partial charge in [0.15, 0.2) is 0 Å². The van der Waals surface area contributed by atoms with Crippen LogP contribution in [0.25, 0.3) is 0 Å². The Morgan fingerprint density at radius 3 is 2.76 bits per heavy atom. The van der Waals surface area contributed by atoms with Gasteiger partial charge < -0.3 is 19.9 Å². The van der Waals surface area contributed by atoms with Crippen LogP contribution in [-0.2, 0) is 19.1 Å². The molecular formula is C11H17NO5. The van der Waals surface area contributed by atoms with E-state index in [1.807, 2.05) is 0 Å². The molecule has 0 aromatic carbocycles. The minimum absolute atomic E-state index is 0.177. The minimum atomic E-state index is -0.785. The highest BCUT2D eigenvalue weighted by Gasteiger charge is 2.13. The highest BCUT2D eigenvalue weighted by atomic mass is 16.6. The summed E-state index contributed by atoms with van der Waals surface area (Å²) < 4.78 is 10.1. The summed E-state index contributed by atoms with van der Waals surface area (Å²) in [5.74, 6) is -0.878. The van der Waals surface area contributed by atoms with Crippen molar-refractivity contribution in [3.8, 4) is 0 Å². The summed E-state index contributed by atoms with van der Waals surface area (Å²) in [5.41, 5.74) is 0. The number of amides is 1. The van der Waals surface area contributed by atoms with Crippen molar-refractivity contribution in [2.24, 2.45) is 0 Å². The molecule has 0 fully saturated rings. The molecule has 1 rings (SSSR count). The number of ether oxygens (including phenoxy) is 2. The predicted octanol–water partition coefficient (Wildman–Crippen LogP) is 0.636. The van der Waals surface area contributed by atoms with Crippen molar-refractivity contribution in [2.75, 3.05) is 19.8 Å². The molecule has 1 aliphatic heterocycles. The van der Waals surface area contributed by atoms with Crippen molar-refractivity contribution >= 4 is 11.9 Å². The second-order valence-corrected chi connectivity index (χ2v) is 3.66. The Morgan fingerprint density at radius 2 is 2.12 bits per heavy atom. The van der Waals surface area contributed by atoms with Crippen LogP contribution in [0.15, 0.2) is 12.0 Å². The Balaban J connectivity index is 2.04. The highest BCUT2D eigenvalue weighted by molar-refractivity contribution is 5.91. The van der Waals surface area contributed by atoms with E-state index in [4.69, 9.17) is 14.6 Å². The van der Waals surface area contributed by atoms with Crippen molar-refractivity contribution in [3.63, 3.8) is 0 Å². The molecule has 0 aromatic rings. The molecule has 0 unspecified atom stereocenters. The Labute approximate surface area is 99.6 Å². The molecule has 96 valence electrons. The zero-order valence-electron chi connectivity index (χ0n) is 9.61. The summed E-state index contributed by atoms with van der Waals surface area (Å²) in [5, 5.41) is 11.1. The van der Waals surface area contributed by atoms with E-state index in [0.29, 0.717) is 26.2 Å². The first kappa shape index (κ1) is 13.3. The number of carboxylic acids is 1. The van der Waals surface area contributed by atoms with Crippen LogP contribution in [0.4, 0.5) is 0 Å². The maximum absolute atomic E-state index is 11.5. The van der Waals surface area contributed by atoms with Crippen molar-refractivity contribution in [1.29, 1.82) is 0 Å². The third kappa shape index (κ3) is 5.79. The number of carbonyl (C=O) groups is 2. The van der Waals surface area contributed by atoms with Gasteiger partial charge in [-0.05, 0) is 12.8 Å². The molecule has 1 heterocycles. The van der Waals surface area contributed by atoms with Gasteiger partial charge in [-0.2, -0.15) is 0 Å². The molecule has 0 radical (unpaired) electrons. The molecular weight excluding hydrogens is 226 g/mol. The van der Waals surface area contributed by atoms with Crippen LogP contribution in [0.5, 0.6) is 0 Å². The summed E-state index contributed by atoms with van der Waals surface area (Å²) in [4.78, 5) is 21.7. The molecule has 0 saturated heterocycles. The summed E-state index contributed by atoms with van der Waals surface area (Å²) in [6.45, 7) is 1.36. The monoisotopic (exact) mass is 243 g/mol. The number of nitrogens with one attached hydrogen (secondary N) is 1. The van der Waals surface area contributed by atoms with Gasteiger partial charge in [0.25, 0.3) is 5.91 Å². The summed E-state index contributed by atoms with van der Waals surface area (Å²) in [7, 11) is 0. The fourth-order valence-electron chi connectivity index (χ4n) is 1.35. The van der Waals surface area contributed by atoms with E-state index in [-0.39, 0.29) is 18.1 Å². The van der Waals surface area contributed by atoms with Gasteiger partial charge >= 0.3 is 5.97 Å². The largest absolute Gasteiger partial charge is 0.494 e. The van der Waals surface area contributed by atoms with Gasteiger partial charge in [0.1, 0.15) is 19.5 Å². The van der Waals surface area contributed by atoms with Gasteiger partial charge in [0, 0.05) is 13.0 Å². The fourth-order valence-corrected chi connectivity index (χ4v) is 1.35. The maximum atomic E-state index is 11.5. The molecule has 0 aliphatic carbocycles. The van der Waals surface area contributed by atoms with Crippen molar-refractivity contribution in [3.05, 3.63) is 12.0 Å². The molecule has 0 saturated carbocycles. The molecule has 17 heavy (non-hydrogen) atoms. The molecule has 0 aromatic heterocycles. The molecule has 1 aliphatic rings. The van der Waals surface area contributed by atoms with E-state index < -0.39 is 5.97 Å². The van der Waals surface area contributed by atoms with Gasteiger partial charge in [-0.15, -0.1) is 0 Å². The van der Waals surface area contributed by atoms with Crippen LogP contribution in [-0.4, -0.2) is 36.7 Å². The SMILES string of the molecule is O=C(O)CCCCCNC(=O)C1=COCCO1. The lowest BCUT2D eigenvalue weighted by Crippen LogP contribution is -2.29. The van der Waals surface area contributed by atoms with Gasteiger partial charge in [0.2, 0.25) is 5.76 Å². The number of unbranched alkanes of at least 4 members (excludes halogenated alkanes) is 2. The third-order valence-corrected chi connectivity index (χ3v) is 2.23. The van der Waals surface area contributed by atoms with E-state index in [1.54, 1.807) is 0 Å². The summed E-state index contributed by atoms with van der Waals surface area (Å²) >= 11 is 0. The number of hydrogen-bond donors (Lipinski definition) is 2. The molecule has 2 N–H and O–H groups in total. The lowest BCUT2D eigenvalue weighted by Gasteiger charge is -2.14. The normalized spacial score (nSPS) is 14.2. The van der Waals surface area contributed by atoms with Crippen LogP contribution in [0.2, 0.25) is 0 Å². The first-order valence-corrected chi connectivity index (χ1v) is 5.64. The molecule has 0 bridgehead atoms. The van der Waals surface area contributed by atoms with Gasteiger partial charge in [-0.3, -0.25) is 9.59 Å². The lowest BCUT2D eigenvalue weighted by atomic mass is 10.2. The van der Waals surface area contributed by atoms with E-state index >= 15 is 0 Å². The van der Waals surface area contributed by atoms with Crippen LogP contribution in [0.1, 0.15) is 25.7 Å². The number of carboxylic acid groups (broad SMARTS) is 1. The Bertz CT molecular complexity index is 300. The second kappa shape index (κ2) is 7.54.